The first-order valence-electron chi connectivity index (χ1n) is 11.7. The van der Waals surface area contributed by atoms with Crippen molar-refractivity contribution < 1.29 is 28.6 Å². The van der Waals surface area contributed by atoms with E-state index in [4.69, 9.17) is 14.6 Å². The maximum atomic E-state index is 13.2. The number of carbonyl (C=O) groups is 2. The van der Waals surface area contributed by atoms with Crippen molar-refractivity contribution in [2.75, 3.05) is 13.2 Å². The maximum absolute atomic E-state index is 13.2. The summed E-state index contributed by atoms with van der Waals surface area (Å²) in [7, 11) is 0. The first-order valence-corrected chi connectivity index (χ1v) is 12.5. The van der Waals surface area contributed by atoms with Gasteiger partial charge < -0.3 is 14.6 Å². The summed E-state index contributed by atoms with van der Waals surface area (Å²) in [6.07, 6.45) is 1.78. The largest absolute Gasteiger partial charge is 0.490 e. The van der Waals surface area contributed by atoms with E-state index >= 15 is 0 Å². The average molecular weight is 521 g/mol. The number of thioether (sulfide) groups is 1. The molecule has 1 N–H and O–H groups in total. The topological polar surface area (TPSA) is 88.4 Å². The van der Waals surface area contributed by atoms with Crippen LogP contribution in [0, 0.1) is 5.82 Å². The second-order valence-corrected chi connectivity index (χ2v) is 8.97. The number of carboxylic acids is 1. The van der Waals surface area contributed by atoms with Gasteiger partial charge in [0.15, 0.2) is 16.7 Å². The van der Waals surface area contributed by atoms with Gasteiger partial charge in [-0.1, -0.05) is 18.2 Å². The number of amides is 1. The molecule has 0 aromatic heterocycles. The Kier molecular flexibility index (Phi) is 8.25. The van der Waals surface area contributed by atoms with Crippen LogP contribution in [0.4, 0.5) is 10.1 Å². The number of aromatic carboxylic acids is 1. The number of rotatable bonds is 9. The number of amidine groups is 1. The van der Waals surface area contributed by atoms with Crippen LogP contribution in [0.3, 0.4) is 0 Å². The van der Waals surface area contributed by atoms with Gasteiger partial charge in [-0.2, -0.15) is 0 Å². The van der Waals surface area contributed by atoms with Crippen LogP contribution in [-0.4, -0.2) is 40.2 Å². The number of likely N-dealkylation sites (N-methyl/N-ethyl adjacent to an activating group) is 1. The molecular formula is C28H25FN2O5S. The van der Waals surface area contributed by atoms with E-state index in [0.717, 1.165) is 11.1 Å². The molecule has 0 radical (unpaired) electrons. The van der Waals surface area contributed by atoms with Crippen molar-refractivity contribution in [1.29, 1.82) is 0 Å². The highest BCUT2D eigenvalue weighted by atomic mass is 32.2. The number of halogens is 1. The van der Waals surface area contributed by atoms with Crippen LogP contribution in [0.15, 0.2) is 76.6 Å². The minimum Gasteiger partial charge on any atom is -0.490 e. The van der Waals surface area contributed by atoms with Crippen molar-refractivity contribution in [3.8, 4) is 11.5 Å². The Labute approximate surface area is 218 Å². The Hall–Kier alpha value is -4.11. The standard InChI is InChI=1S/C28H25FN2O5S/c1-3-31-26(32)25(37-28(31)30-22-12-10-21(29)11-13-22)16-19-7-14-23(24(15-19)35-4-2)36-17-18-5-8-20(9-6-18)27(33)34/h5-16H,3-4,17H2,1-2H3,(H,33,34)/b25-16+,30-28?. The molecule has 1 heterocycles. The number of ether oxygens (including phenoxy) is 2. The van der Waals surface area contributed by atoms with Crippen LogP contribution in [0.5, 0.6) is 11.5 Å². The van der Waals surface area contributed by atoms with Gasteiger partial charge in [-0.15, -0.1) is 0 Å². The monoisotopic (exact) mass is 520 g/mol. The molecule has 1 aliphatic heterocycles. The van der Waals surface area contributed by atoms with Gasteiger partial charge in [0.25, 0.3) is 5.91 Å². The van der Waals surface area contributed by atoms with Crippen molar-refractivity contribution in [3.05, 3.63) is 94.1 Å². The molecule has 0 unspecified atom stereocenters. The van der Waals surface area contributed by atoms with E-state index in [1.54, 1.807) is 47.4 Å². The van der Waals surface area contributed by atoms with Gasteiger partial charge in [-0.3, -0.25) is 9.69 Å². The van der Waals surface area contributed by atoms with Crippen LogP contribution in [-0.2, 0) is 11.4 Å². The summed E-state index contributed by atoms with van der Waals surface area (Å²) in [4.78, 5) is 30.7. The number of nitrogens with zero attached hydrogens (tertiary/aromatic N) is 2. The Morgan fingerprint density at radius 3 is 2.41 bits per heavy atom. The molecule has 3 aromatic carbocycles. The lowest BCUT2D eigenvalue weighted by atomic mass is 10.1. The molecular weight excluding hydrogens is 495 g/mol. The number of benzene rings is 3. The second kappa shape index (κ2) is 11.7. The Balaban J connectivity index is 1.53. The number of carbonyl (C=O) groups excluding carboxylic acids is 1. The van der Waals surface area contributed by atoms with Gasteiger partial charge in [-0.25, -0.2) is 14.2 Å². The summed E-state index contributed by atoms with van der Waals surface area (Å²) in [6.45, 7) is 4.86. The number of carboxylic acid groups (broad SMARTS) is 1. The van der Waals surface area contributed by atoms with Crippen LogP contribution in [0.25, 0.3) is 6.08 Å². The average Bonchev–Trinajstić information content (AvgIpc) is 3.18. The van der Waals surface area contributed by atoms with E-state index in [1.165, 1.54) is 36.0 Å². The van der Waals surface area contributed by atoms with Crippen molar-refractivity contribution in [2.24, 2.45) is 4.99 Å². The van der Waals surface area contributed by atoms with Crippen LogP contribution >= 0.6 is 11.8 Å². The maximum Gasteiger partial charge on any atom is 0.335 e. The minimum atomic E-state index is -0.981. The summed E-state index contributed by atoms with van der Waals surface area (Å²) >= 11 is 1.26. The zero-order chi connectivity index (χ0) is 26.4. The predicted molar refractivity (Wildman–Crippen MR) is 142 cm³/mol. The zero-order valence-corrected chi connectivity index (χ0v) is 21.1. The van der Waals surface area contributed by atoms with Gasteiger partial charge in [0.05, 0.1) is 22.8 Å². The summed E-state index contributed by atoms with van der Waals surface area (Å²) < 4.78 is 24.9. The van der Waals surface area contributed by atoms with E-state index in [9.17, 15) is 14.0 Å². The molecule has 0 spiro atoms. The molecule has 9 heteroatoms. The minimum absolute atomic E-state index is 0.156. The first-order chi connectivity index (χ1) is 17.9. The fourth-order valence-corrected chi connectivity index (χ4v) is 4.62. The third-order valence-electron chi connectivity index (χ3n) is 5.42. The molecule has 0 bridgehead atoms. The summed E-state index contributed by atoms with van der Waals surface area (Å²) in [5, 5.41) is 9.58. The van der Waals surface area contributed by atoms with Crippen LogP contribution in [0.1, 0.15) is 35.3 Å². The number of aliphatic imine (C=N–C) groups is 1. The van der Waals surface area contributed by atoms with E-state index in [1.807, 2.05) is 19.9 Å². The molecule has 190 valence electrons. The molecule has 37 heavy (non-hydrogen) atoms. The van der Waals surface area contributed by atoms with Crippen molar-refractivity contribution in [3.63, 3.8) is 0 Å². The molecule has 4 rings (SSSR count). The Bertz CT molecular complexity index is 1350. The SMILES string of the molecule is CCOc1cc(/C=C2/SC(=Nc3ccc(F)cc3)N(CC)C2=O)ccc1OCc1ccc(C(=O)O)cc1. The lowest BCUT2D eigenvalue weighted by molar-refractivity contribution is -0.122. The van der Waals surface area contributed by atoms with E-state index in [2.05, 4.69) is 4.99 Å². The summed E-state index contributed by atoms with van der Waals surface area (Å²) in [5.41, 5.74) is 2.35. The van der Waals surface area contributed by atoms with Crippen molar-refractivity contribution >= 4 is 40.6 Å². The van der Waals surface area contributed by atoms with E-state index in [-0.39, 0.29) is 23.9 Å². The third kappa shape index (κ3) is 6.37. The molecule has 0 atom stereocenters. The molecule has 1 aliphatic rings. The van der Waals surface area contributed by atoms with Gasteiger partial charge in [-0.05, 0) is 91.3 Å². The lowest BCUT2D eigenvalue weighted by Crippen LogP contribution is -2.28. The number of hydrogen-bond acceptors (Lipinski definition) is 6. The molecule has 3 aromatic rings. The van der Waals surface area contributed by atoms with Crippen LogP contribution in [0.2, 0.25) is 0 Å². The first kappa shape index (κ1) is 26.0. The van der Waals surface area contributed by atoms with E-state index in [0.29, 0.717) is 40.4 Å². The molecule has 7 nitrogen and oxygen atoms in total. The number of hydrogen-bond donors (Lipinski definition) is 1. The molecule has 1 fully saturated rings. The van der Waals surface area contributed by atoms with Gasteiger partial charge in [0.2, 0.25) is 0 Å². The zero-order valence-electron chi connectivity index (χ0n) is 20.3. The van der Waals surface area contributed by atoms with Crippen molar-refractivity contribution in [2.45, 2.75) is 20.5 Å². The highest BCUT2D eigenvalue weighted by Crippen LogP contribution is 2.36. The molecule has 1 saturated heterocycles. The smallest absolute Gasteiger partial charge is 0.335 e. The molecule has 1 amide bonds. The molecule has 0 saturated carbocycles. The fourth-order valence-electron chi connectivity index (χ4n) is 3.55. The quantitative estimate of drug-likeness (QED) is 0.342. The van der Waals surface area contributed by atoms with Gasteiger partial charge >= 0.3 is 5.97 Å². The Morgan fingerprint density at radius 2 is 1.76 bits per heavy atom. The van der Waals surface area contributed by atoms with Crippen molar-refractivity contribution in [1.82, 2.24) is 4.90 Å². The van der Waals surface area contributed by atoms with E-state index < -0.39 is 5.97 Å². The summed E-state index contributed by atoms with van der Waals surface area (Å²) in [6, 6.07) is 17.7. The predicted octanol–water partition coefficient (Wildman–Crippen LogP) is 6.13. The second-order valence-electron chi connectivity index (χ2n) is 7.96. The Morgan fingerprint density at radius 1 is 1.03 bits per heavy atom. The highest BCUT2D eigenvalue weighted by molar-refractivity contribution is 8.18. The third-order valence-corrected chi connectivity index (χ3v) is 6.42. The fraction of sp³-hybridized carbons (Fsp3) is 0.179. The van der Waals surface area contributed by atoms with Gasteiger partial charge in [0, 0.05) is 6.54 Å². The van der Waals surface area contributed by atoms with Gasteiger partial charge in [0.1, 0.15) is 12.4 Å². The van der Waals surface area contributed by atoms with Crippen LogP contribution < -0.4 is 9.47 Å². The highest BCUT2D eigenvalue weighted by Gasteiger charge is 2.32. The lowest BCUT2D eigenvalue weighted by Gasteiger charge is -2.13. The summed E-state index contributed by atoms with van der Waals surface area (Å²) in [5.74, 6) is -0.421. The normalized spacial score (nSPS) is 15.4. The molecule has 0 aliphatic carbocycles.